The zero-order valence-electron chi connectivity index (χ0n) is 29.4. The van der Waals surface area contributed by atoms with Crippen LogP contribution in [0.4, 0.5) is 10.2 Å². The lowest BCUT2D eigenvalue weighted by Crippen LogP contribution is -2.41. The van der Waals surface area contributed by atoms with Gasteiger partial charge in [-0.2, -0.15) is 5.10 Å². The minimum atomic E-state index is -0.666. The van der Waals surface area contributed by atoms with Crippen LogP contribution < -0.4 is 10.6 Å². The number of carbonyl (C=O) groups is 1. The minimum Gasteiger partial charge on any atom is -0.481 e. The van der Waals surface area contributed by atoms with Crippen LogP contribution in [0.5, 0.6) is 0 Å². The lowest BCUT2D eigenvalue weighted by molar-refractivity contribution is -0.143. The van der Waals surface area contributed by atoms with Gasteiger partial charge in [-0.15, -0.1) is 0 Å². The van der Waals surface area contributed by atoms with Gasteiger partial charge in [0, 0.05) is 56.3 Å². The first-order chi connectivity index (χ1) is 23.8. The molecule has 6 rings (SSSR count). The zero-order valence-corrected chi connectivity index (χ0v) is 29.4. The summed E-state index contributed by atoms with van der Waals surface area (Å²) in [6, 6.07) is 7.26. The molecule has 1 aromatic carbocycles. The molecule has 0 bridgehead atoms. The topological polar surface area (TPSA) is 117 Å². The number of nitrogens with zero attached hydrogens (tertiary/aromatic N) is 5. The summed E-state index contributed by atoms with van der Waals surface area (Å²) in [4.78, 5) is 24.4. The molecular weight excluding hydrogens is 621 g/mol. The number of anilines is 1. The number of likely N-dealkylation sites (tertiary alicyclic amines) is 1. The number of methoxy groups -OCH3 is 1. The Morgan fingerprint density at radius 1 is 1.16 bits per heavy atom. The summed E-state index contributed by atoms with van der Waals surface area (Å²) in [5.74, 6) is 1.71. The van der Waals surface area contributed by atoms with E-state index in [1.54, 1.807) is 19.2 Å². The van der Waals surface area contributed by atoms with E-state index in [4.69, 9.17) is 14.7 Å². The van der Waals surface area contributed by atoms with E-state index in [1.807, 2.05) is 24.0 Å². The van der Waals surface area contributed by atoms with Gasteiger partial charge in [0.2, 0.25) is 0 Å². The van der Waals surface area contributed by atoms with Crippen LogP contribution in [0.1, 0.15) is 98.5 Å². The molecule has 0 unspecified atom stereocenters. The normalized spacial score (nSPS) is 24.2. The molecule has 2 aromatic heterocycles. The first kappa shape index (κ1) is 35.4. The summed E-state index contributed by atoms with van der Waals surface area (Å²) in [7, 11) is 3.74. The average molecular weight is 676 g/mol. The lowest BCUT2D eigenvalue weighted by Gasteiger charge is -2.35. The SMILES string of the molecule is CC[C@@H](NCc1nc2c(c(N[C@@H](CN3CCC[C@H](COC)C3)c3cnn(C)c3)n1)C[C@H](c1cccc(F)c1)CC2)C1CCC(C(=O)O)CC1. The third kappa shape index (κ3) is 9.04. The Kier molecular flexibility index (Phi) is 11.9. The highest BCUT2D eigenvalue weighted by atomic mass is 19.1. The molecule has 1 saturated carbocycles. The monoisotopic (exact) mass is 675 g/mol. The first-order valence-corrected chi connectivity index (χ1v) is 18.4. The molecule has 3 heterocycles. The summed E-state index contributed by atoms with van der Waals surface area (Å²) < 4.78 is 21.7. The van der Waals surface area contributed by atoms with Gasteiger partial charge in [0.15, 0.2) is 0 Å². The van der Waals surface area contributed by atoms with Crippen molar-refractivity contribution in [1.29, 1.82) is 0 Å². The molecule has 1 aliphatic heterocycles. The van der Waals surface area contributed by atoms with Crippen LogP contribution in [0.3, 0.4) is 0 Å². The Labute approximate surface area is 290 Å². The number of aliphatic carboxylic acids is 1. The van der Waals surface area contributed by atoms with Crippen LogP contribution in [-0.4, -0.2) is 75.1 Å². The fourth-order valence-corrected chi connectivity index (χ4v) is 8.51. The molecular formula is C38H54FN7O3. The Bertz CT molecular complexity index is 1540. The van der Waals surface area contributed by atoms with Gasteiger partial charge < -0.3 is 25.4 Å². The van der Waals surface area contributed by atoms with Crippen LogP contribution in [0.25, 0.3) is 0 Å². The molecule has 11 heteroatoms. The van der Waals surface area contributed by atoms with E-state index in [2.05, 4.69) is 33.8 Å². The number of carboxylic acid groups (broad SMARTS) is 1. The molecule has 266 valence electrons. The first-order valence-electron chi connectivity index (χ1n) is 18.4. The minimum absolute atomic E-state index is 0.0304. The number of halogens is 1. The molecule has 0 amide bonds. The maximum absolute atomic E-state index is 14.3. The molecule has 10 nitrogen and oxygen atoms in total. The second kappa shape index (κ2) is 16.5. The number of hydrogen-bond donors (Lipinski definition) is 3. The molecule has 3 aliphatic rings. The van der Waals surface area contributed by atoms with Gasteiger partial charge in [0.25, 0.3) is 0 Å². The van der Waals surface area contributed by atoms with E-state index in [-0.39, 0.29) is 29.7 Å². The van der Waals surface area contributed by atoms with Gasteiger partial charge in [-0.25, -0.2) is 14.4 Å². The third-order valence-electron chi connectivity index (χ3n) is 11.2. The molecule has 2 fully saturated rings. The highest BCUT2D eigenvalue weighted by Crippen LogP contribution is 2.37. The molecule has 4 atom stereocenters. The van der Waals surface area contributed by atoms with Gasteiger partial charge in [-0.1, -0.05) is 19.1 Å². The maximum atomic E-state index is 14.3. The van der Waals surface area contributed by atoms with Crippen molar-refractivity contribution in [2.24, 2.45) is 24.8 Å². The number of rotatable bonds is 14. The van der Waals surface area contributed by atoms with Gasteiger partial charge in [-0.3, -0.25) is 9.48 Å². The highest BCUT2D eigenvalue weighted by Gasteiger charge is 2.31. The summed E-state index contributed by atoms with van der Waals surface area (Å²) >= 11 is 0. The van der Waals surface area contributed by atoms with E-state index in [9.17, 15) is 14.3 Å². The second-order valence-electron chi connectivity index (χ2n) is 14.6. The predicted molar refractivity (Wildman–Crippen MR) is 188 cm³/mol. The van der Waals surface area contributed by atoms with Crippen molar-refractivity contribution in [3.8, 4) is 0 Å². The van der Waals surface area contributed by atoms with Crippen LogP contribution in [-0.2, 0) is 36.0 Å². The number of aryl methyl sites for hydroxylation is 2. The number of benzene rings is 1. The van der Waals surface area contributed by atoms with Crippen molar-refractivity contribution in [3.05, 3.63) is 70.7 Å². The largest absolute Gasteiger partial charge is 0.481 e. The molecule has 0 radical (unpaired) electrons. The molecule has 49 heavy (non-hydrogen) atoms. The number of aromatic nitrogens is 4. The number of fused-ring (bicyclic) bond motifs is 1. The number of hydrogen-bond acceptors (Lipinski definition) is 8. The highest BCUT2D eigenvalue weighted by molar-refractivity contribution is 5.70. The average Bonchev–Trinajstić information content (AvgIpc) is 3.54. The van der Waals surface area contributed by atoms with Crippen molar-refractivity contribution in [2.75, 3.05) is 38.7 Å². The number of nitrogens with one attached hydrogen (secondary N) is 2. The fourth-order valence-electron chi connectivity index (χ4n) is 8.51. The van der Waals surface area contributed by atoms with Crippen molar-refractivity contribution >= 4 is 11.8 Å². The second-order valence-corrected chi connectivity index (χ2v) is 14.6. The van der Waals surface area contributed by atoms with E-state index >= 15 is 0 Å². The number of piperidine rings is 1. The van der Waals surface area contributed by atoms with E-state index in [1.165, 1.54) is 12.5 Å². The molecule has 3 N–H and O–H groups in total. The third-order valence-corrected chi connectivity index (χ3v) is 11.2. The standard InChI is InChI=1S/C38H54FN7O3/c1-4-33(26-10-12-27(13-11-26)38(47)48)40-20-36-42-34-15-14-29(28-8-5-9-31(39)17-28)18-32(34)37(44-36)43-35(30-19-41-45(2)22-30)23-46-16-6-7-25(21-46)24-49-3/h5,8-9,17,19,22,25-27,29,33,35,40H,4,6-7,10-16,18,20-21,23-24H2,1-3H3,(H,47,48)(H,42,43,44)/t25-,26?,27?,29+,33+,35-/m0/s1. The van der Waals surface area contributed by atoms with Crippen LogP contribution in [0.2, 0.25) is 0 Å². The van der Waals surface area contributed by atoms with Gasteiger partial charge >= 0.3 is 5.97 Å². The van der Waals surface area contributed by atoms with Crippen molar-refractivity contribution in [2.45, 2.75) is 95.7 Å². The van der Waals surface area contributed by atoms with Crippen LogP contribution in [0, 0.1) is 23.6 Å². The van der Waals surface area contributed by atoms with Crippen LogP contribution in [0.15, 0.2) is 36.7 Å². The summed E-state index contributed by atoms with van der Waals surface area (Å²) in [6.07, 6.45) is 13.1. The predicted octanol–water partition coefficient (Wildman–Crippen LogP) is 5.89. The van der Waals surface area contributed by atoms with Crippen molar-refractivity contribution in [3.63, 3.8) is 0 Å². The summed E-state index contributed by atoms with van der Waals surface area (Å²) in [6.45, 7) is 6.39. The van der Waals surface area contributed by atoms with Gasteiger partial charge in [0.1, 0.15) is 17.5 Å². The van der Waals surface area contributed by atoms with E-state index in [0.717, 1.165) is 118 Å². The van der Waals surface area contributed by atoms with Crippen molar-refractivity contribution in [1.82, 2.24) is 30.0 Å². The van der Waals surface area contributed by atoms with Crippen molar-refractivity contribution < 1.29 is 19.0 Å². The lowest BCUT2D eigenvalue weighted by atomic mass is 9.78. The Balaban J connectivity index is 1.26. The summed E-state index contributed by atoms with van der Waals surface area (Å²) in [5, 5.41) is 21.7. The number of ether oxygens (including phenoxy) is 1. The molecule has 0 spiro atoms. The van der Waals surface area contributed by atoms with Crippen LogP contribution >= 0.6 is 0 Å². The molecule has 2 aliphatic carbocycles. The quantitative estimate of drug-likeness (QED) is 0.192. The van der Waals surface area contributed by atoms with E-state index < -0.39 is 5.97 Å². The fraction of sp³-hybridized carbons (Fsp3) is 0.632. The van der Waals surface area contributed by atoms with E-state index in [0.29, 0.717) is 18.4 Å². The Hall–Kier alpha value is -3.41. The van der Waals surface area contributed by atoms with Gasteiger partial charge in [-0.05, 0) is 106 Å². The number of carboxylic acids is 1. The Morgan fingerprint density at radius 3 is 2.71 bits per heavy atom. The maximum Gasteiger partial charge on any atom is 0.306 e. The zero-order chi connectivity index (χ0) is 34.3. The molecule has 1 saturated heterocycles. The Morgan fingerprint density at radius 2 is 2.00 bits per heavy atom. The van der Waals surface area contributed by atoms with Gasteiger partial charge in [0.05, 0.1) is 31.3 Å². The molecule has 3 aromatic rings. The summed E-state index contributed by atoms with van der Waals surface area (Å²) in [5.41, 5.74) is 4.32. The smallest absolute Gasteiger partial charge is 0.306 e.